The van der Waals surface area contributed by atoms with Crippen LogP contribution in [0.2, 0.25) is 0 Å². The van der Waals surface area contributed by atoms with Crippen molar-refractivity contribution in [3.05, 3.63) is 29.8 Å². The number of carbonyl (C=O) groups is 1. The second-order valence-corrected chi connectivity index (χ2v) is 7.93. The van der Waals surface area contributed by atoms with E-state index in [0.29, 0.717) is 12.0 Å². The van der Waals surface area contributed by atoms with Gasteiger partial charge in [-0.2, -0.15) is 0 Å². The third kappa shape index (κ3) is 6.92. The van der Waals surface area contributed by atoms with Crippen LogP contribution in [0.3, 0.4) is 0 Å². The number of halogens is 2. The highest BCUT2D eigenvalue weighted by Gasteiger charge is 2.17. The van der Waals surface area contributed by atoms with Crippen molar-refractivity contribution >= 4 is 15.9 Å². The van der Waals surface area contributed by atoms with Crippen LogP contribution in [-0.4, -0.2) is 26.9 Å². The summed E-state index contributed by atoms with van der Waals surface area (Å²) in [6.07, 6.45) is 1.81. The lowest BCUT2D eigenvalue weighted by atomic mass is 10.0. The van der Waals surface area contributed by atoms with Gasteiger partial charge in [-0.15, -0.1) is 0 Å². The Balaban J connectivity index is 2.45. The van der Waals surface area contributed by atoms with Crippen LogP contribution < -0.4 is 10.0 Å². The molecule has 0 aliphatic heterocycles. The Hall–Kier alpha value is -1.54. The molecule has 1 amide bonds. The van der Waals surface area contributed by atoms with Crippen LogP contribution in [0.1, 0.15) is 40.0 Å². The molecule has 0 aliphatic rings. The molecule has 0 radical (unpaired) electrons. The van der Waals surface area contributed by atoms with Crippen molar-refractivity contribution in [2.75, 3.05) is 6.54 Å². The lowest BCUT2D eigenvalue weighted by Gasteiger charge is -2.15. The number of sulfonamides is 1. The monoisotopic (exact) mass is 362 g/mol. The fraction of sp³-hybridized carbons (Fsp3) is 0.562. The van der Waals surface area contributed by atoms with E-state index in [2.05, 4.69) is 23.9 Å². The SMILES string of the molecule is CC(C)CCC(C)NC(=O)CCNS(=O)(=O)c1ccc(F)c(F)c1. The number of rotatable bonds is 9. The predicted octanol–water partition coefficient (Wildman–Crippen LogP) is 2.57. The van der Waals surface area contributed by atoms with Crippen molar-refractivity contribution in [1.82, 2.24) is 10.0 Å². The van der Waals surface area contributed by atoms with Gasteiger partial charge in [0.25, 0.3) is 0 Å². The Kier molecular flexibility index (Phi) is 7.75. The average molecular weight is 362 g/mol. The van der Waals surface area contributed by atoms with E-state index in [1.165, 1.54) is 0 Å². The average Bonchev–Trinajstić information content (AvgIpc) is 2.47. The number of amides is 1. The van der Waals surface area contributed by atoms with Crippen LogP contribution in [0.15, 0.2) is 23.1 Å². The summed E-state index contributed by atoms with van der Waals surface area (Å²) >= 11 is 0. The van der Waals surface area contributed by atoms with Crippen molar-refractivity contribution in [1.29, 1.82) is 0 Å². The van der Waals surface area contributed by atoms with Crippen LogP contribution in [-0.2, 0) is 14.8 Å². The van der Waals surface area contributed by atoms with Crippen molar-refractivity contribution in [3.63, 3.8) is 0 Å². The molecule has 0 aromatic heterocycles. The maximum Gasteiger partial charge on any atom is 0.240 e. The molecule has 1 atom stereocenters. The van der Waals surface area contributed by atoms with Crippen molar-refractivity contribution in [2.45, 2.75) is 51.0 Å². The quantitative estimate of drug-likeness (QED) is 0.709. The first-order chi connectivity index (χ1) is 11.1. The van der Waals surface area contributed by atoms with E-state index >= 15 is 0 Å². The van der Waals surface area contributed by atoms with E-state index in [4.69, 9.17) is 0 Å². The minimum Gasteiger partial charge on any atom is -0.354 e. The molecule has 1 rings (SSSR count). The van der Waals surface area contributed by atoms with Gasteiger partial charge in [-0.3, -0.25) is 4.79 Å². The van der Waals surface area contributed by atoms with Crippen LogP contribution >= 0.6 is 0 Å². The van der Waals surface area contributed by atoms with Gasteiger partial charge < -0.3 is 5.32 Å². The normalized spacial score (nSPS) is 13.1. The molecule has 0 bridgehead atoms. The molecule has 5 nitrogen and oxygen atoms in total. The van der Waals surface area contributed by atoms with E-state index in [9.17, 15) is 22.0 Å². The first-order valence-corrected chi connectivity index (χ1v) is 9.34. The summed E-state index contributed by atoms with van der Waals surface area (Å²) in [4.78, 5) is 11.4. The van der Waals surface area contributed by atoms with Gasteiger partial charge in [-0.05, 0) is 43.9 Å². The molecule has 2 N–H and O–H groups in total. The zero-order chi connectivity index (χ0) is 18.3. The van der Waals surface area contributed by atoms with Gasteiger partial charge in [-0.25, -0.2) is 21.9 Å². The van der Waals surface area contributed by atoms with Gasteiger partial charge in [0.1, 0.15) is 0 Å². The number of nitrogens with one attached hydrogen (secondary N) is 2. The molecule has 0 fully saturated rings. The van der Waals surface area contributed by atoms with E-state index in [1.54, 1.807) is 0 Å². The lowest BCUT2D eigenvalue weighted by molar-refractivity contribution is -0.121. The summed E-state index contributed by atoms with van der Waals surface area (Å²) < 4.78 is 52.0. The molecule has 0 heterocycles. The third-order valence-electron chi connectivity index (χ3n) is 3.43. The molecule has 0 saturated heterocycles. The summed E-state index contributed by atoms with van der Waals surface area (Å²) in [5, 5.41) is 2.79. The molecular formula is C16H24F2N2O3S. The summed E-state index contributed by atoms with van der Waals surface area (Å²) in [6.45, 7) is 5.97. The third-order valence-corrected chi connectivity index (χ3v) is 4.89. The van der Waals surface area contributed by atoms with Crippen LogP contribution in [0.25, 0.3) is 0 Å². The lowest BCUT2D eigenvalue weighted by Crippen LogP contribution is -2.35. The van der Waals surface area contributed by atoms with Crippen LogP contribution in [0.5, 0.6) is 0 Å². The molecule has 136 valence electrons. The van der Waals surface area contributed by atoms with Crippen LogP contribution in [0, 0.1) is 17.6 Å². The molecule has 1 aromatic carbocycles. The summed E-state index contributed by atoms with van der Waals surface area (Å²) in [6, 6.07) is 2.33. The molecule has 1 aromatic rings. The Bertz CT molecular complexity index is 663. The first-order valence-electron chi connectivity index (χ1n) is 7.86. The van der Waals surface area contributed by atoms with E-state index in [-0.39, 0.29) is 29.8 Å². The molecule has 0 spiro atoms. The Labute approximate surface area is 141 Å². The molecule has 0 saturated carbocycles. The molecule has 1 unspecified atom stereocenters. The van der Waals surface area contributed by atoms with E-state index < -0.39 is 21.7 Å². The van der Waals surface area contributed by atoms with Gasteiger partial charge in [0, 0.05) is 19.0 Å². The highest BCUT2D eigenvalue weighted by Crippen LogP contribution is 2.13. The number of hydrogen-bond acceptors (Lipinski definition) is 3. The Morgan fingerprint density at radius 2 is 1.79 bits per heavy atom. The van der Waals surface area contributed by atoms with Crippen LogP contribution in [0.4, 0.5) is 8.78 Å². The summed E-state index contributed by atoms with van der Waals surface area (Å²) in [7, 11) is -3.98. The highest BCUT2D eigenvalue weighted by atomic mass is 32.2. The molecule has 8 heteroatoms. The second kappa shape index (κ2) is 9.08. The summed E-state index contributed by atoms with van der Waals surface area (Å²) in [5.41, 5.74) is 0. The maximum absolute atomic E-state index is 13.1. The largest absolute Gasteiger partial charge is 0.354 e. The highest BCUT2D eigenvalue weighted by molar-refractivity contribution is 7.89. The molecule has 0 aliphatic carbocycles. The number of carbonyl (C=O) groups excluding carboxylic acids is 1. The Morgan fingerprint density at radius 1 is 1.12 bits per heavy atom. The van der Waals surface area contributed by atoms with E-state index in [0.717, 1.165) is 25.0 Å². The van der Waals surface area contributed by atoms with Gasteiger partial charge in [-0.1, -0.05) is 13.8 Å². The smallest absolute Gasteiger partial charge is 0.240 e. The number of benzene rings is 1. The minimum absolute atomic E-state index is 0.0164. The zero-order valence-electron chi connectivity index (χ0n) is 14.1. The number of hydrogen-bond donors (Lipinski definition) is 2. The standard InChI is InChI=1S/C16H24F2N2O3S/c1-11(2)4-5-12(3)20-16(21)8-9-19-24(22,23)13-6-7-14(17)15(18)10-13/h6-7,10-12,19H,4-5,8-9H2,1-3H3,(H,20,21). The summed E-state index contributed by atoms with van der Waals surface area (Å²) in [5.74, 6) is -2.08. The van der Waals surface area contributed by atoms with Gasteiger partial charge in [0.05, 0.1) is 4.90 Å². The van der Waals surface area contributed by atoms with Crippen molar-refractivity contribution in [3.8, 4) is 0 Å². The Morgan fingerprint density at radius 3 is 2.38 bits per heavy atom. The first kappa shape index (κ1) is 20.5. The second-order valence-electron chi connectivity index (χ2n) is 6.16. The van der Waals surface area contributed by atoms with E-state index in [1.807, 2.05) is 6.92 Å². The van der Waals surface area contributed by atoms with Gasteiger partial charge in [0.15, 0.2) is 11.6 Å². The molecule has 24 heavy (non-hydrogen) atoms. The minimum atomic E-state index is -3.98. The van der Waals surface area contributed by atoms with Gasteiger partial charge in [0.2, 0.25) is 15.9 Å². The fourth-order valence-electron chi connectivity index (χ4n) is 2.03. The van der Waals surface area contributed by atoms with Crippen molar-refractivity contribution in [2.24, 2.45) is 5.92 Å². The topological polar surface area (TPSA) is 75.3 Å². The van der Waals surface area contributed by atoms with Gasteiger partial charge >= 0.3 is 0 Å². The molecular weight excluding hydrogens is 338 g/mol. The maximum atomic E-state index is 13.1. The van der Waals surface area contributed by atoms with Crippen molar-refractivity contribution < 1.29 is 22.0 Å². The zero-order valence-corrected chi connectivity index (χ0v) is 14.9. The predicted molar refractivity (Wildman–Crippen MR) is 87.8 cm³/mol. The fourth-order valence-corrected chi connectivity index (χ4v) is 3.07.